The van der Waals surface area contributed by atoms with Gasteiger partial charge in [0, 0.05) is 0 Å². The van der Waals surface area contributed by atoms with E-state index in [0.29, 0.717) is 5.70 Å². The predicted octanol–water partition coefficient (Wildman–Crippen LogP) is 1.09. The van der Waals surface area contributed by atoms with Crippen molar-refractivity contribution in [1.82, 2.24) is 0 Å². The first-order valence-corrected chi connectivity index (χ1v) is 1.40. The highest BCUT2D eigenvalue weighted by atomic mass is 14.7. The molecule has 0 fully saturated rings. The molecule has 0 unspecified atom stereocenters. The number of hydrogen-bond donors (Lipinski definition) is 1. The molecular formula is C4H5N2+. The number of nitrogens with one attached hydrogen (secondary N) is 1. The molecule has 0 atom stereocenters. The second-order valence-electron chi connectivity index (χ2n) is 0.790. The minimum absolute atomic E-state index is 0.366. The lowest BCUT2D eigenvalue weighted by Gasteiger charge is -1.60. The van der Waals surface area contributed by atoms with Gasteiger partial charge in [0.15, 0.2) is 0 Å². The Morgan fingerprint density at radius 3 is 2.50 bits per heavy atom. The van der Waals surface area contributed by atoms with Crippen LogP contribution in [0.1, 0.15) is 0 Å². The van der Waals surface area contributed by atoms with Gasteiger partial charge in [-0.05, 0) is 0 Å². The van der Waals surface area contributed by atoms with Crippen LogP contribution in [0.15, 0.2) is 17.3 Å². The van der Waals surface area contributed by atoms with Crippen LogP contribution in [-0.2, 0) is 0 Å². The predicted molar refractivity (Wildman–Crippen MR) is 24.7 cm³/mol. The summed E-state index contributed by atoms with van der Waals surface area (Å²) in [4.78, 5) is 3.24. The normalized spacial score (nSPS) is 6.00. The first-order valence-electron chi connectivity index (χ1n) is 1.40. The van der Waals surface area contributed by atoms with Crippen molar-refractivity contribution in [3.8, 4) is 0 Å². The number of aliphatic imine (C=N–C) groups is 1. The largest absolute Gasteiger partial charge is 0.241 e. The summed E-state index contributed by atoms with van der Waals surface area (Å²) in [6.45, 7) is 6.57. The van der Waals surface area contributed by atoms with Gasteiger partial charge in [0.2, 0.25) is 5.70 Å². The summed E-state index contributed by atoms with van der Waals surface area (Å²) in [5.74, 6) is 0. The van der Waals surface area contributed by atoms with Gasteiger partial charge in [-0.2, -0.15) is 0 Å². The van der Waals surface area contributed by atoms with Crippen LogP contribution in [0.3, 0.4) is 0 Å². The molecule has 0 aliphatic heterocycles. The molecule has 0 bridgehead atoms. The first kappa shape index (κ1) is 4.99. The molecule has 0 aliphatic rings. The highest BCUT2D eigenvalue weighted by molar-refractivity contribution is 5.39. The fourth-order valence-electron chi connectivity index (χ4n) is 0.0791. The van der Waals surface area contributed by atoms with E-state index in [-0.39, 0.29) is 0 Å². The zero-order valence-electron chi connectivity index (χ0n) is 3.36. The van der Waals surface area contributed by atoms with Crippen molar-refractivity contribution in [2.75, 3.05) is 0 Å². The molecular weight excluding hydrogens is 76.1 g/mol. The maximum atomic E-state index is 6.22. The van der Waals surface area contributed by atoms with Gasteiger partial charge in [-0.25, -0.2) is 5.41 Å². The summed E-state index contributed by atoms with van der Waals surface area (Å²) in [6.07, 6.45) is 0. The summed E-state index contributed by atoms with van der Waals surface area (Å²) in [5, 5.41) is 6.22. The summed E-state index contributed by atoms with van der Waals surface area (Å²) in [5.41, 5.74) is 0.366. The second kappa shape index (κ2) is 2.24. The SMILES string of the molecule is C=C([CH2+])N=C=N. The van der Waals surface area contributed by atoms with E-state index in [1.54, 1.807) is 6.01 Å². The lowest BCUT2D eigenvalue weighted by Crippen LogP contribution is -1.56. The van der Waals surface area contributed by atoms with Crippen LogP contribution in [0.4, 0.5) is 0 Å². The minimum atomic E-state index is 0.366. The number of allylic oxidation sites excluding steroid dienone is 1. The molecule has 0 aromatic rings. The lowest BCUT2D eigenvalue weighted by molar-refractivity contribution is 1.42. The van der Waals surface area contributed by atoms with Gasteiger partial charge in [-0.3, -0.25) is 0 Å². The average Bonchev–Trinajstić information content (AvgIpc) is 1.35. The molecule has 0 aliphatic carbocycles. The van der Waals surface area contributed by atoms with Crippen molar-refractivity contribution in [3.63, 3.8) is 0 Å². The molecule has 30 valence electrons. The third-order valence-electron chi connectivity index (χ3n) is 0.214. The van der Waals surface area contributed by atoms with Gasteiger partial charge in [-0.15, -0.1) is 4.99 Å². The highest BCUT2D eigenvalue weighted by Crippen LogP contribution is 1.80. The molecule has 0 aromatic heterocycles. The molecule has 0 amide bonds. The molecule has 0 heterocycles. The Hall–Kier alpha value is -1.01. The molecule has 1 N–H and O–H groups in total. The Labute approximate surface area is 36.7 Å². The standard InChI is InChI=1S/C4H5N2/c1-4(2)6-3-5/h5H,1-2H2/q+1. The lowest BCUT2D eigenvalue weighted by atomic mass is 10.6. The van der Waals surface area contributed by atoms with Crippen LogP contribution < -0.4 is 0 Å². The number of rotatable bonds is 1. The maximum absolute atomic E-state index is 6.22. The van der Waals surface area contributed by atoms with E-state index >= 15 is 0 Å². The Kier molecular flexibility index (Phi) is 1.86. The quantitative estimate of drug-likeness (QED) is 0.362. The Morgan fingerprint density at radius 2 is 2.50 bits per heavy atom. The van der Waals surface area contributed by atoms with Gasteiger partial charge < -0.3 is 0 Å². The van der Waals surface area contributed by atoms with Crippen LogP contribution in [-0.4, -0.2) is 6.01 Å². The van der Waals surface area contributed by atoms with Crippen LogP contribution in [0.5, 0.6) is 0 Å². The third kappa shape index (κ3) is 2.99. The minimum Gasteiger partial charge on any atom is -0.241 e. The fourth-order valence-corrected chi connectivity index (χ4v) is 0.0791. The Morgan fingerprint density at radius 1 is 2.00 bits per heavy atom. The molecule has 0 saturated carbocycles. The molecule has 0 saturated heterocycles. The highest BCUT2D eigenvalue weighted by Gasteiger charge is 1.75. The van der Waals surface area contributed by atoms with Crippen molar-refractivity contribution < 1.29 is 0 Å². The zero-order valence-corrected chi connectivity index (χ0v) is 3.36. The fraction of sp³-hybridized carbons (Fsp3) is 0. The first-order chi connectivity index (χ1) is 2.77. The molecule has 2 heteroatoms. The molecule has 0 spiro atoms. The van der Waals surface area contributed by atoms with E-state index in [2.05, 4.69) is 18.5 Å². The molecule has 2 nitrogen and oxygen atoms in total. The summed E-state index contributed by atoms with van der Waals surface area (Å²) < 4.78 is 0. The van der Waals surface area contributed by atoms with Crippen LogP contribution >= 0.6 is 0 Å². The van der Waals surface area contributed by atoms with E-state index in [9.17, 15) is 0 Å². The topological polar surface area (TPSA) is 36.2 Å². The number of nitrogens with zero attached hydrogens (tertiary/aromatic N) is 1. The van der Waals surface area contributed by atoms with Gasteiger partial charge in [0.05, 0.1) is 19.5 Å². The summed E-state index contributed by atoms with van der Waals surface area (Å²) in [6, 6.07) is 1.78. The summed E-state index contributed by atoms with van der Waals surface area (Å²) in [7, 11) is 0. The van der Waals surface area contributed by atoms with Crippen molar-refractivity contribution in [2.45, 2.75) is 0 Å². The molecule has 0 rings (SSSR count). The molecule has 0 aromatic carbocycles. The molecule has 6 heavy (non-hydrogen) atoms. The zero-order chi connectivity index (χ0) is 4.99. The van der Waals surface area contributed by atoms with Gasteiger partial charge in [0.1, 0.15) is 0 Å². The van der Waals surface area contributed by atoms with Crippen LogP contribution in [0, 0.1) is 12.3 Å². The van der Waals surface area contributed by atoms with Crippen LogP contribution in [0.2, 0.25) is 0 Å². The van der Waals surface area contributed by atoms with E-state index in [0.717, 1.165) is 0 Å². The van der Waals surface area contributed by atoms with Crippen molar-refractivity contribution in [1.29, 1.82) is 5.41 Å². The number of hydrogen-bond acceptors (Lipinski definition) is 2. The van der Waals surface area contributed by atoms with E-state index in [1.165, 1.54) is 0 Å². The maximum Gasteiger partial charge on any atom is 0.219 e. The second-order valence-corrected chi connectivity index (χ2v) is 0.790. The van der Waals surface area contributed by atoms with Crippen molar-refractivity contribution in [2.24, 2.45) is 4.99 Å². The van der Waals surface area contributed by atoms with Gasteiger partial charge in [-0.1, -0.05) is 0 Å². The Bertz CT molecular complexity index is 98.1. The van der Waals surface area contributed by atoms with Gasteiger partial charge in [0.25, 0.3) is 0 Å². The summed E-state index contributed by atoms with van der Waals surface area (Å²) >= 11 is 0. The van der Waals surface area contributed by atoms with E-state index in [4.69, 9.17) is 5.41 Å². The Balaban J connectivity index is 3.60. The van der Waals surface area contributed by atoms with Crippen LogP contribution in [0.25, 0.3) is 0 Å². The van der Waals surface area contributed by atoms with Crippen molar-refractivity contribution >= 4 is 6.01 Å². The van der Waals surface area contributed by atoms with Crippen molar-refractivity contribution in [3.05, 3.63) is 19.2 Å². The average molecular weight is 81.1 g/mol. The van der Waals surface area contributed by atoms with E-state index in [1.807, 2.05) is 0 Å². The monoisotopic (exact) mass is 81.0 g/mol. The van der Waals surface area contributed by atoms with Gasteiger partial charge >= 0.3 is 0 Å². The van der Waals surface area contributed by atoms with E-state index < -0.39 is 0 Å². The molecule has 0 radical (unpaired) electrons. The third-order valence-corrected chi connectivity index (χ3v) is 0.214. The smallest absolute Gasteiger partial charge is 0.219 e.